The molecule has 0 saturated carbocycles. The van der Waals surface area contributed by atoms with Gasteiger partial charge in [-0.15, -0.1) is 0 Å². The van der Waals surface area contributed by atoms with E-state index < -0.39 is 12.0 Å². The Balaban J connectivity index is 1.92. The van der Waals surface area contributed by atoms with Gasteiger partial charge in [0.2, 0.25) is 0 Å². The molecule has 0 bridgehead atoms. The van der Waals surface area contributed by atoms with Gasteiger partial charge in [0, 0.05) is 44.5 Å². The fourth-order valence-corrected chi connectivity index (χ4v) is 1.92. The summed E-state index contributed by atoms with van der Waals surface area (Å²) < 4.78 is 0. The van der Waals surface area contributed by atoms with Crippen LogP contribution in [0.1, 0.15) is 5.69 Å². The van der Waals surface area contributed by atoms with Gasteiger partial charge in [0.15, 0.2) is 0 Å². The second kappa shape index (κ2) is 6.19. The van der Waals surface area contributed by atoms with E-state index in [1.165, 1.54) is 6.33 Å². The largest absolute Gasteiger partial charge is 0.480 e. The zero-order valence-corrected chi connectivity index (χ0v) is 10.4. The summed E-state index contributed by atoms with van der Waals surface area (Å²) in [6.07, 6.45) is 3.21. The molecule has 1 aliphatic rings. The number of carbonyl (C=O) groups excluding carboxylic acids is 1. The highest BCUT2D eigenvalue weighted by Gasteiger charge is 2.24. The van der Waals surface area contributed by atoms with Crippen LogP contribution in [-0.2, 0) is 11.2 Å². The van der Waals surface area contributed by atoms with E-state index in [4.69, 9.17) is 5.11 Å². The molecule has 2 amide bonds. The van der Waals surface area contributed by atoms with Crippen LogP contribution in [0.25, 0.3) is 0 Å². The predicted molar refractivity (Wildman–Crippen MR) is 66.7 cm³/mol. The molecule has 2 rings (SSSR count). The molecular formula is C11H17N5O3. The summed E-state index contributed by atoms with van der Waals surface area (Å²) in [5.74, 6) is -1.06. The Morgan fingerprint density at radius 3 is 2.79 bits per heavy atom. The number of aliphatic carboxylic acids is 1. The smallest absolute Gasteiger partial charge is 0.326 e. The lowest BCUT2D eigenvalue weighted by Crippen LogP contribution is -2.54. The number of rotatable bonds is 4. The lowest BCUT2D eigenvalue weighted by molar-refractivity contribution is -0.139. The van der Waals surface area contributed by atoms with Gasteiger partial charge in [0.1, 0.15) is 6.04 Å². The van der Waals surface area contributed by atoms with Crippen molar-refractivity contribution < 1.29 is 14.7 Å². The number of imidazole rings is 1. The quantitative estimate of drug-likeness (QED) is 0.560. The number of amides is 2. The number of carboxylic acids is 1. The van der Waals surface area contributed by atoms with Crippen LogP contribution < -0.4 is 10.6 Å². The van der Waals surface area contributed by atoms with E-state index in [2.05, 4.69) is 20.6 Å². The molecule has 104 valence electrons. The number of hydrogen-bond acceptors (Lipinski definition) is 4. The van der Waals surface area contributed by atoms with Gasteiger partial charge in [-0.1, -0.05) is 0 Å². The minimum Gasteiger partial charge on any atom is -0.480 e. The van der Waals surface area contributed by atoms with Crippen LogP contribution in [0, 0.1) is 0 Å². The second-order valence-corrected chi connectivity index (χ2v) is 4.36. The molecule has 4 N–H and O–H groups in total. The molecule has 8 heteroatoms. The first-order valence-electron chi connectivity index (χ1n) is 6.13. The molecule has 1 fully saturated rings. The van der Waals surface area contributed by atoms with Gasteiger partial charge in [-0.25, -0.2) is 14.6 Å². The first-order valence-corrected chi connectivity index (χ1v) is 6.13. The van der Waals surface area contributed by atoms with Gasteiger partial charge >= 0.3 is 12.0 Å². The van der Waals surface area contributed by atoms with Gasteiger partial charge < -0.3 is 25.6 Å². The molecule has 0 aromatic carbocycles. The molecule has 1 saturated heterocycles. The highest BCUT2D eigenvalue weighted by Crippen LogP contribution is 2.01. The van der Waals surface area contributed by atoms with Gasteiger partial charge in [-0.05, 0) is 0 Å². The van der Waals surface area contributed by atoms with Gasteiger partial charge in [0.05, 0.1) is 6.33 Å². The molecule has 0 unspecified atom stereocenters. The molecule has 19 heavy (non-hydrogen) atoms. The topological polar surface area (TPSA) is 110 Å². The normalized spacial score (nSPS) is 16.9. The minimum atomic E-state index is -1.06. The third-order valence-corrected chi connectivity index (χ3v) is 2.98. The monoisotopic (exact) mass is 267 g/mol. The second-order valence-electron chi connectivity index (χ2n) is 4.36. The van der Waals surface area contributed by atoms with E-state index in [-0.39, 0.29) is 12.5 Å². The van der Waals surface area contributed by atoms with E-state index in [0.717, 1.165) is 13.1 Å². The molecule has 2 heterocycles. The van der Waals surface area contributed by atoms with Crippen LogP contribution in [0.15, 0.2) is 12.5 Å². The van der Waals surface area contributed by atoms with Crippen molar-refractivity contribution in [3.05, 3.63) is 18.2 Å². The van der Waals surface area contributed by atoms with Crippen LogP contribution in [0.3, 0.4) is 0 Å². The fourth-order valence-electron chi connectivity index (χ4n) is 1.92. The van der Waals surface area contributed by atoms with Crippen molar-refractivity contribution in [2.24, 2.45) is 0 Å². The van der Waals surface area contributed by atoms with Crippen molar-refractivity contribution in [2.45, 2.75) is 12.5 Å². The molecule has 0 radical (unpaired) electrons. The van der Waals surface area contributed by atoms with Gasteiger partial charge in [0.25, 0.3) is 0 Å². The average Bonchev–Trinajstić information content (AvgIpc) is 2.91. The molecule has 0 spiro atoms. The minimum absolute atomic E-state index is 0.188. The summed E-state index contributed by atoms with van der Waals surface area (Å²) >= 11 is 0. The predicted octanol–water partition coefficient (Wildman–Crippen LogP) is -0.980. The summed E-state index contributed by atoms with van der Waals surface area (Å²) in [6, 6.07) is -1.30. The number of hydrogen-bond donors (Lipinski definition) is 4. The number of piperazine rings is 1. The number of carbonyl (C=O) groups is 2. The number of carboxylic acid groups (broad SMARTS) is 1. The number of aromatic amines is 1. The Kier molecular flexibility index (Phi) is 4.35. The number of urea groups is 1. The Hall–Kier alpha value is -2.09. The van der Waals surface area contributed by atoms with E-state index in [1.807, 2.05) is 0 Å². The maximum absolute atomic E-state index is 11.9. The lowest BCUT2D eigenvalue weighted by atomic mass is 10.1. The Morgan fingerprint density at radius 2 is 2.21 bits per heavy atom. The van der Waals surface area contributed by atoms with Crippen LogP contribution in [-0.4, -0.2) is 64.2 Å². The van der Waals surface area contributed by atoms with Crippen molar-refractivity contribution in [3.8, 4) is 0 Å². The maximum Gasteiger partial charge on any atom is 0.326 e. The van der Waals surface area contributed by atoms with Crippen LogP contribution in [0.2, 0.25) is 0 Å². The van der Waals surface area contributed by atoms with E-state index in [0.29, 0.717) is 18.8 Å². The number of aromatic nitrogens is 2. The zero-order valence-electron chi connectivity index (χ0n) is 10.4. The molecule has 1 atom stereocenters. The number of nitrogens with zero attached hydrogens (tertiary/aromatic N) is 2. The standard InChI is InChI=1S/C11H17N5O3/c17-10(18)9(5-8-6-13-7-14-8)15-11(19)16-3-1-12-2-4-16/h6-7,9,12H,1-5H2,(H,13,14)(H,15,19)(H,17,18)/t9-/m1/s1. The Morgan fingerprint density at radius 1 is 1.47 bits per heavy atom. The lowest BCUT2D eigenvalue weighted by Gasteiger charge is -2.28. The van der Waals surface area contributed by atoms with E-state index in [1.54, 1.807) is 11.1 Å². The maximum atomic E-state index is 11.9. The number of H-pyrrole nitrogens is 1. The van der Waals surface area contributed by atoms with Crippen molar-refractivity contribution in [1.82, 2.24) is 25.5 Å². The first kappa shape index (κ1) is 13.3. The van der Waals surface area contributed by atoms with Crippen molar-refractivity contribution in [1.29, 1.82) is 0 Å². The summed E-state index contributed by atoms with van der Waals surface area (Å²) in [7, 11) is 0. The zero-order chi connectivity index (χ0) is 13.7. The number of nitrogens with one attached hydrogen (secondary N) is 3. The Labute approximate surface area is 110 Å². The van der Waals surface area contributed by atoms with Crippen LogP contribution in [0.4, 0.5) is 4.79 Å². The molecule has 1 aromatic rings. The van der Waals surface area contributed by atoms with E-state index >= 15 is 0 Å². The molecule has 0 aliphatic carbocycles. The van der Waals surface area contributed by atoms with Crippen molar-refractivity contribution >= 4 is 12.0 Å². The van der Waals surface area contributed by atoms with E-state index in [9.17, 15) is 9.59 Å². The van der Waals surface area contributed by atoms with Gasteiger partial charge in [-0.3, -0.25) is 0 Å². The highest BCUT2D eigenvalue weighted by atomic mass is 16.4. The Bertz CT molecular complexity index is 428. The van der Waals surface area contributed by atoms with Crippen LogP contribution in [0.5, 0.6) is 0 Å². The third-order valence-electron chi connectivity index (χ3n) is 2.98. The van der Waals surface area contributed by atoms with Crippen molar-refractivity contribution in [3.63, 3.8) is 0 Å². The highest BCUT2D eigenvalue weighted by molar-refractivity contribution is 5.82. The van der Waals surface area contributed by atoms with Crippen molar-refractivity contribution in [2.75, 3.05) is 26.2 Å². The summed E-state index contributed by atoms with van der Waals surface area (Å²) in [5.41, 5.74) is 0.674. The molecular weight excluding hydrogens is 250 g/mol. The molecule has 1 aliphatic heterocycles. The van der Waals surface area contributed by atoms with Gasteiger partial charge in [-0.2, -0.15) is 0 Å². The van der Waals surface area contributed by atoms with Crippen LogP contribution >= 0.6 is 0 Å². The SMILES string of the molecule is O=C(O)[C@@H](Cc1cnc[nH]1)NC(=O)N1CCNCC1. The third kappa shape index (κ3) is 3.68. The summed E-state index contributed by atoms with van der Waals surface area (Å²) in [5, 5.41) is 14.8. The average molecular weight is 267 g/mol. The summed E-state index contributed by atoms with van der Waals surface area (Å²) in [4.78, 5) is 31.4. The molecule has 1 aromatic heterocycles. The molecule has 8 nitrogen and oxygen atoms in total. The summed E-state index contributed by atoms with van der Waals surface area (Å²) in [6.45, 7) is 2.63. The first-order chi connectivity index (χ1) is 9.16. The fraction of sp³-hybridized carbons (Fsp3) is 0.545.